The second kappa shape index (κ2) is 14.8. The molecule has 3 heterocycles. The minimum absolute atomic E-state index is 0.464. The Balaban J connectivity index is 0.965. The number of fused-ring (bicyclic) bond motifs is 21. The molecule has 0 fully saturated rings. The number of anilines is 3. The smallest absolute Gasteiger partial charge is 0.132 e. The SMILES string of the molecule is c1ccc(-n2c3ccccc3c3cc(N(c4ccc5c(c4)-c4ccccc4C54c5ccccc5Oc5ccccc54)c4ccc5c(c4)-c4ccccc4C54c5ccccc5Sc5ccccc54)ccc32)cc1. The third-order valence-corrected chi connectivity index (χ3v) is 17.3. The Labute approximate surface area is 421 Å². The number of rotatable bonds is 4. The van der Waals surface area contributed by atoms with Crippen LogP contribution in [0.5, 0.6) is 11.5 Å². The fraction of sp³-hybridized carbons (Fsp3) is 0.0294. The summed E-state index contributed by atoms with van der Waals surface area (Å²) in [7, 11) is 0. The van der Waals surface area contributed by atoms with E-state index in [-0.39, 0.29) is 0 Å². The molecule has 0 N–H and O–H groups in total. The van der Waals surface area contributed by atoms with Crippen molar-refractivity contribution in [2.75, 3.05) is 4.90 Å². The molecule has 11 aromatic carbocycles. The number of hydrogen-bond acceptors (Lipinski definition) is 3. The van der Waals surface area contributed by atoms with Gasteiger partial charge in [-0.05, 0) is 141 Å². The maximum atomic E-state index is 6.70. The molecule has 2 spiro atoms. The molecule has 0 saturated carbocycles. The van der Waals surface area contributed by atoms with Gasteiger partial charge in [0, 0.05) is 54.4 Å². The van der Waals surface area contributed by atoms with Crippen molar-refractivity contribution in [2.24, 2.45) is 0 Å². The molecule has 3 nitrogen and oxygen atoms in total. The Hall–Kier alpha value is -8.83. The molecular formula is C68H42N2OS. The minimum Gasteiger partial charge on any atom is -0.457 e. The van der Waals surface area contributed by atoms with Gasteiger partial charge < -0.3 is 14.2 Å². The molecule has 0 unspecified atom stereocenters. The highest BCUT2D eigenvalue weighted by atomic mass is 32.2. The number of aromatic nitrogens is 1. The summed E-state index contributed by atoms with van der Waals surface area (Å²) in [6.45, 7) is 0. The second-order valence-corrected chi connectivity index (χ2v) is 20.5. The van der Waals surface area contributed by atoms with E-state index in [1.807, 2.05) is 11.8 Å². The van der Waals surface area contributed by atoms with Crippen LogP contribution in [0.3, 0.4) is 0 Å². The molecule has 72 heavy (non-hydrogen) atoms. The lowest BCUT2D eigenvalue weighted by atomic mass is 9.66. The Morgan fingerprint density at radius 2 is 0.750 bits per heavy atom. The van der Waals surface area contributed by atoms with Gasteiger partial charge in [0.15, 0.2) is 0 Å². The van der Waals surface area contributed by atoms with Crippen LogP contribution in [0.1, 0.15) is 44.5 Å². The Kier molecular flexibility index (Phi) is 8.24. The number of para-hydroxylation sites is 4. The molecule has 336 valence electrons. The summed E-state index contributed by atoms with van der Waals surface area (Å²) in [4.78, 5) is 5.11. The summed E-state index contributed by atoms with van der Waals surface area (Å²) < 4.78 is 9.10. The normalized spacial score (nSPS) is 14.4. The van der Waals surface area contributed by atoms with Crippen LogP contribution in [0.25, 0.3) is 49.7 Å². The van der Waals surface area contributed by atoms with Gasteiger partial charge >= 0.3 is 0 Å². The topological polar surface area (TPSA) is 17.4 Å². The fourth-order valence-corrected chi connectivity index (χ4v) is 14.6. The van der Waals surface area contributed by atoms with Gasteiger partial charge in [-0.25, -0.2) is 0 Å². The fourth-order valence-electron chi connectivity index (χ4n) is 13.4. The third kappa shape index (κ3) is 5.16. The average Bonchev–Trinajstić information content (AvgIpc) is 4.04. The third-order valence-electron chi connectivity index (χ3n) is 16.1. The molecule has 12 aromatic rings. The molecule has 2 aliphatic carbocycles. The summed E-state index contributed by atoms with van der Waals surface area (Å²) in [5, 5.41) is 2.42. The van der Waals surface area contributed by atoms with Crippen LogP contribution in [0.2, 0.25) is 0 Å². The van der Waals surface area contributed by atoms with Gasteiger partial charge in [-0.2, -0.15) is 0 Å². The van der Waals surface area contributed by atoms with Gasteiger partial charge in [-0.1, -0.05) is 182 Å². The van der Waals surface area contributed by atoms with Crippen molar-refractivity contribution in [1.82, 2.24) is 4.57 Å². The molecule has 4 aliphatic rings. The number of hydrogen-bond donors (Lipinski definition) is 0. The van der Waals surface area contributed by atoms with Gasteiger partial charge in [-0.3, -0.25) is 0 Å². The molecule has 0 bridgehead atoms. The van der Waals surface area contributed by atoms with Gasteiger partial charge in [0.1, 0.15) is 11.5 Å². The maximum Gasteiger partial charge on any atom is 0.132 e. The first kappa shape index (κ1) is 40.0. The lowest BCUT2D eigenvalue weighted by Crippen LogP contribution is -2.32. The minimum atomic E-state index is -0.560. The summed E-state index contributed by atoms with van der Waals surface area (Å²) in [5.74, 6) is 1.79. The van der Waals surface area contributed by atoms with Gasteiger partial charge in [0.05, 0.1) is 21.9 Å². The highest BCUT2D eigenvalue weighted by molar-refractivity contribution is 7.99. The number of nitrogens with zero attached hydrogens (tertiary/aromatic N) is 2. The van der Waals surface area contributed by atoms with Gasteiger partial charge in [0.2, 0.25) is 0 Å². The first-order valence-corrected chi connectivity index (χ1v) is 25.6. The van der Waals surface area contributed by atoms with E-state index in [0.29, 0.717) is 0 Å². The standard InChI is InChI=1S/C68H42N2OS/c1-2-18-43(19-3-1)70-61-29-13-6-22-49(61)52-42-46(36-39-62(52)70)69(44-34-37-55-50(40-44)47-20-4-7-23-53(47)67(55)57-25-9-14-30-63(57)71-64-31-15-10-26-58(64)67)45-35-38-56-51(41-45)48-21-5-8-24-54(48)68(56)59-27-11-16-32-65(59)72-66-33-17-12-28-60(66)68/h1-42H. The molecule has 2 aliphatic heterocycles. The van der Waals surface area contributed by atoms with E-state index in [2.05, 4.69) is 264 Å². The van der Waals surface area contributed by atoms with Gasteiger partial charge in [-0.15, -0.1) is 0 Å². The van der Waals surface area contributed by atoms with Crippen molar-refractivity contribution in [3.63, 3.8) is 0 Å². The Bertz CT molecular complexity index is 3980. The molecule has 1 aromatic heterocycles. The van der Waals surface area contributed by atoms with Crippen LogP contribution in [0, 0.1) is 0 Å². The summed E-state index contributed by atoms with van der Waals surface area (Å²) in [6.07, 6.45) is 0. The molecule has 16 rings (SSSR count). The van der Waals surface area contributed by atoms with Crippen molar-refractivity contribution in [3.8, 4) is 39.4 Å². The first-order valence-electron chi connectivity index (χ1n) is 24.8. The predicted molar refractivity (Wildman–Crippen MR) is 294 cm³/mol. The predicted octanol–water partition coefficient (Wildman–Crippen LogP) is 17.5. The Morgan fingerprint density at radius 3 is 1.36 bits per heavy atom. The molecule has 0 saturated heterocycles. The lowest BCUT2D eigenvalue weighted by molar-refractivity contribution is 0.436. The monoisotopic (exact) mass is 934 g/mol. The molecular weight excluding hydrogens is 893 g/mol. The summed E-state index contributed by atoms with van der Waals surface area (Å²) >= 11 is 1.89. The van der Waals surface area contributed by atoms with Crippen LogP contribution >= 0.6 is 11.8 Å². The van der Waals surface area contributed by atoms with Crippen LogP contribution in [0.15, 0.2) is 265 Å². The van der Waals surface area contributed by atoms with Crippen LogP contribution in [-0.4, -0.2) is 4.57 Å². The van der Waals surface area contributed by atoms with E-state index in [4.69, 9.17) is 4.74 Å². The van der Waals surface area contributed by atoms with Crippen molar-refractivity contribution < 1.29 is 4.74 Å². The van der Waals surface area contributed by atoms with E-state index in [9.17, 15) is 0 Å². The quantitative estimate of drug-likeness (QED) is 0.175. The van der Waals surface area contributed by atoms with E-state index < -0.39 is 10.8 Å². The van der Waals surface area contributed by atoms with Crippen LogP contribution in [-0.2, 0) is 10.8 Å². The van der Waals surface area contributed by atoms with Crippen LogP contribution < -0.4 is 9.64 Å². The lowest BCUT2D eigenvalue weighted by Gasteiger charge is -2.39. The summed E-state index contributed by atoms with van der Waals surface area (Å²) in [5.41, 5.74) is 20.9. The first-order chi connectivity index (χ1) is 35.7. The zero-order valence-corrected chi connectivity index (χ0v) is 39.8. The van der Waals surface area contributed by atoms with E-state index >= 15 is 0 Å². The van der Waals surface area contributed by atoms with Gasteiger partial charge in [0.25, 0.3) is 0 Å². The molecule has 0 amide bonds. The average molecular weight is 935 g/mol. The van der Waals surface area contributed by atoms with Crippen molar-refractivity contribution >= 4 is 50.6 Å². The summed E-state index contributed by atoms with van der Waals surface area (Å²) in [6, 6.07) is 94.6. The number of ether oxygens (including phenoxy) is 1. The maximum absolute atomic E-state index is 6.70. The van der Waals surface area contributed by atoms with E-state index in [0.717, 1.165) is 45.4 Å². The zero-order valence-electron chi connectivity index (χ0n) is 39.0. The molecule has 0 radical (unpaired) electrons. The van der Waals surface area contributed by atoms with E-state index in [1.54, 1.807) is 0 Å². The van der Waals surface area contributed by atoms with E-state index in [1.165, 1.54) is 87.2 Å². The van der Waals surface area contributed by atoms with Crippen molar-refractivity contribution in [2.45, 2.75) is 20.6 Å². The zero-order chi connectivity index (χ0) is 47.1. The van der Waals surface area contributed by atoms with Crippen molar-refractivity contribution in [3.05, 3.63) is 299 Å². The Morgan fingerprint density at radius 1 is 0.319 bits per heavy atom. The highest BCUT2D eigenvalue weighted by Gasteiger charge is 2.52. The number of benzene rings is 11. The highest BCUT2D eigenvalue weighted by Crippen LogP contribution is 2.65. The van der Waals surface area contributed by atoms with Crippen molar-refractivity contribution in [1.29, 1.82) is 0 Å². The second-order valence-electron chi connectivity index (χ2n) is 19.5. The largest absolute Gasteiger partial charge is 0.457 e. The molecule has 0 atom stereocenters. The van der Waals surface area contributed by atoms with Crippen LogP contribution in [0.4, 0.5) is 17.1 Å². The molecule has 4 heteroatoms.